The van der Waals surface area contributed by atoms with Crippen LogP contribution in [0.15, 0.2) is 82.7 Å². The fourth-order valence-electron chi connectivity index (χ4n) is 4.52. The summed E-state index contributed by atoms with van der Waals surface area (Å²) in [6.07, 6.45) is 1.95. The van der Waals surface area contributed by atoms with E-state index < -0.39 is 4.92 Å². The second-order valence-electron chi connectivity index (χ2n) is 8.78. The van der Waals surface area contributed by atoms with Gasteiger partial charge in [0.05, 0.1) is 22.6 Å². The number of carbonyl (C=O) groups excluding carboxylic acids is 1. The Balaban J connectivity index is 1.51. The van der Waals surface area contributed by atoms with Crippen molar-refractivity contribution >= 4 is 51.2 Å². The number of non-ortho nitro benzene ring substituents is 1. The van der Waals surface area contributed by atoms with Crippen molar-refractivity contribution in [3.8, 4) is 5.75 Å². The van der Waals surface area contributed by atoms with Gasteiger partial charge in [0.25, 0.3) is 11.6 Å². The van der Waals surface area contributed by atoms with Gasteiger partial charge in [-0.1, -0.05) is 30.3 Å². The standard InChI is InChI=1S/C29H26N4O4S/c1-4-31-28(34)27(38-29(31)30-21-11-15-23(37-3)16-12-21)17-25-19(2)32(26-8-6-5-7-24(25)26)18-20-9-13-22(14-10-20)33(35)36/h5-17H,4,18H2,1-3H3/b27-17+,30-29?. The molecular weight excluding hydrogens is 500 g/mol. The van der Waals surface area contributed by atoms with Gasteiger partial charge < -0.3 is 9.30 Å². The topological polar surface area (TPSA) is 90.0 Å². The number of rotatable bonds is 7. The van der Waals surface area contributed by atoms with E-state index in [0.717, 1.165) is 39.2 Å². The molecule has 8 nitrogen and oxygen atoms in total. The van der Waals surface area contributed by atoms with Crippen LogP contribution >= 0.6 is 11.8 Å². The molecule has 0 spiro atoms. The highest BCUT2D eigenvalue weighted by Crippen LogP contribution is 2.37. The molecule has 0 N–H and O–H groups in total. The van der Waals surface area contributed by atoms with E-state index in [1.165, 1.54) is 23.9 Å². The Bertz CT molecular complexity index is 1590. The van der Waals surface area contributed by atoms with Crippen LogP contribution in [0.25, 0.3) is 17.0 Å². The van der Waals surface area contributed by atoms with Crippen LogP contribution in [0.1, 0.15) is 23.7 Å². The Labute approximate surface area is 224 Å². The normalized spacial score (nSPS) is 15.7. The lowest BCUT2D eigenvalue weighted by molar-refractivity contribution is -0.384. The molecule has 1 fully saturated rings. The molecule has 0 saturated carbocycles. The first kappa shape index (κ1) is 25.3. The molecule has 0 atom stereocenters. The van der Waals surface area contributed by atoms with E-state index in [-0.39, 0.29) is 11.6 Å². The average Bonchev–Trinajstić information content (AvgIpc) is 3.37. The first-order chi connectivity index (χ1) is 18.4. The van der Waals surface area contributed by atoms with Gasteiger partial charge in [-0.2, -0.15) is 0 Å². The molecule has 0 bridgehead atoms. The molecular formula is C29H26N4O4S. The van der Waals surface area contributed by atoms with Crippen molar-refractivity contribution in [1.29, 1.82) is 0 Å². The number of methoxy groups -OCH3 is 1. The molecule has 4 aromatic rings. The summed E-state index contributed by atoms with van der Waals surface area (Å²) >= 11 is 1.37. The number of aliphatic imine (C=N–C) groups is 1. The van der Waals surface area contributed by atoms with Gasteiger partial charge in [0, 0.05) is 47.4 Å². The second kappa shape index (κ2) is 10.5. The number of amidine groups is 1. The summed E-state index contributed by atoms with van der Waals surface area (Å²) in [6, 6.07) is 22.1. The fraction of sp³-hybridized carbons (Fsp3) is 0.172. The molecule has 38 heavy (non-hydrogen) atoms. The summed E-state index contributed by atoms with van der Waals surface area (Å²) in [6.45, 7) is 5.04. The summed E-state index contributed by atoms with van der Waals surface area (Å²) in [5, 5.41) is 12.7. The predicted octanol–water partition coefficient (Wildman–Crippen LogP) is 6.54. The van der Waals surface area contributed by atoms with Crippen molar-refractivity contribution in [2.24, 2.45) is 4.99 Å². The third kappa shape index (κ3) is 4.80. The summed E-state index contributed by atoms with van der Waals surface area (Å²) < 4.78 is 7.40. The molecule has 1 amide bonds. The van der Waals surface area contributed by atoms with Crippen molar-refractivity contribution in [3.63, 3.8) is 0 Å². The molecule has 9 heteroatoms. The molecule has 192 valence electrons. The monoisotopic (exact) mass is 526 g/mol. The maximum absolute atomic E-state index is 13.3. The van der Waals surface area contributed by atoms with Gasteiger partial charge in [0.15, 0.2) is 5.17 Å². The van der Waals surface area contributed by atoms with Crippen LogP contribution < -0.4 is 4.74 Å². The maximum Gasteiger partial charge on any atom is 0.269 e. The number of aromatic nitrogens is 1. The SMILES string of the molecule is CCN1C(=O)/C(=C\c2c(C)n(Cc3ccc([N+](=O)[O-])cc3)c3ccccc23)SC1=Nc1ccc(OC)cc1. The Morgan fingerprint density at radius 3 is 2.42 bits per heavy atom. The highest BCUT2D eigenvalue weighted by molar-refractivity contribution is 8.18. The van der Waals surface area contributed by atoms with E-state index in [4.69, 9.17) is 9.73 Å². The maximum atomic E-state index is 13.3. The van der Waals surface area contributed by atoms with Crippen LogP contribution in [0.5, 0.6) is 5.75 Å². The minimum atomic E-state index is -0.396. The van der Waals surface area contributed by atoms with E-state index in [2.05, 4.69) is 10.6 Å². The number of benzene rings is 3. The largest absolute Gasteiger partial charge is 0.497 e. The first-order valence-electron chi connectivity index (χ1n) is 12.1. The number of nitrogens with zero attached hydrogens (tertiary/aromatic N) is 4. The first-order valence-corrected chi connectivity index (χ1v) is 13.0. The van der Waals surface area contributed by atoms with Crippen LogP contribution in [0.4, 0.5) is 11.4 Å². The van der Waals surface area contributed by atoms with Gasteiger partial charge in [-0.05, 0) is 67.6 Å². The second-order valence-corrected chi connectivity index (χ2v) is 9.79. The number of para-hydroxylation sites is 1. The van der Waals surface area contributed by atoms with E-state index in [1.54, 1.807) is 24.1 Å². The molecule has 0 unspecified atom stereocenters. The number of thioether (sulfide) groups is 1. The molecule has 0 radical (unpaired) electrons. The lowest BCUT2D eigenvalue weighted by Gasteiger charge is -2.12. The van der Waals surface area contributed by atoms with Gasteiger partial charge in [0.2, 0.25) is 0 Å². The number of fused-ring (bicyclic) bond motifs is 1. The summed E-state index contributed by atoms with van der Waals surface area (Å²) in [5.74, 6) is 0.675. The van der Waals surface area contributed by atoms with Crippen LogP contribution in [-0.2, 0) is 11.3 Å². The van der Waals surface area contributed by atoms with Crippen molar-refractivity contribution in [2.45, 2.75) is 20.4 Å². The van der Waals surface area contributed by atoms with E-state index in [9.17, 15) is 14.9 Å². The van der Waals surface area contributed by atoms with Gasteiger partial charge in [-0.15, -0.1) is 0 Å². The number of hydrogen-bond donors (Lipinski definition) is 0. The zero-order valence-electron chi connectivity index (χ0n) is 21.2. The number of nitro benzene ring substituents is 1. The minimum absolute atomic E-state index is 0.0672. The third-order valence-electron chi connectivity index (χ3n) is 6.54. The molecule has 3 aromatic carbocycles. The zero-order valence-corrected chi connectivity index (χ0v) is 22.1. The molecule has 0 aliphatic carbocycles. The third-order valence-corrected chi connectivity index (χ3v) is 7.55. The van der Waals surface area contributed by atoms with Gasteiger partial charge in [-0.3, -0.25) is 19.8 Å². The number of ether oxygens (including phenoxy) is 1. The number of carbonyl (C=O) groups is 1. The Hall–Kier alpha value is -4.37. The molecule has 1 aromatic heterocycles. The highest BCUT2D eigenvalue weighted by atomic mass is 32.2. The number of amides is 1. The van der Waals surface area contributed by atoms with E-state index in [0.29, 0.717) is 23.2 Å². The van der Waals surface area contributed by atoms with E-state index in [1.807, 2.05) is 62.4 Å². The highest BCUT2D eigenvalue weighted by Gasteiger charge is 2.32. The number of nitro groups is 1. The molecule has 2 heterocycles. The van der Waals surface area contributed by atoms with Crippen molar-refractivity contribution < 1.29 is 14.5 Å². The Kier molecular flexibility index (Phi) is 7.02. The lowest BCUT2D eigenvalue weighted by atomic mass is 10.1. The Morgan fingerprint density at radius 2 is 1.76 bits per heavy atom. The zero-order chi connectivity index (χ0) is 26.8. The predicted molar refractivity (Wildman–Crippen MR) is 152 cm³/mol. The van der Waals surface area contributed by atoms with Crippen LogP contribution in [-0.4, -0.2) is 39.1 Å². The minimum Gasteiger partial charge on any atom is -0.497 e. The number of likely N-dealkylation sites (N-methyl/N-ethyl adjacent to an activating group) is 1. The molecule has 1 aliphatic rings. The van der Waals surface area contributed by atoms with Crippen molar-refractivity contribution in [2.75, 3.05) is 13.7 Å². The average molecular weight is 527 g/mol. The van der Waals surface area contributed by atoms with Gasteiger partial charge in [-0.25, -0.2) is 4.99 Å². The van der Waals surface area contributed by atoms with Crippen molar-refractivity contribution in [3.05, 3.63) is 105 Å². The van der Waals surface area contributed by atoms with Crippen LogP contribution in [0.3, 0.4) is 0 Å². The molecule has 5 rings (SSSR count). The smallest absolute Gasteiger partial charge is 0.269 e. The van der Waals surface area contributed by atoms with Crippen LogP contribution in [0, 0.1) is 17.0 Å². The summed E-state index contributed by atoms with van der Waals surface area (Å²) in [5.41, 5.74) is 4.78. The van der Waals surface area contributed by atoms with Crippen LogP contribution in [0.2, 0.25) is 0 Å². The fourth-order valence-corrected chi connectivity index (χ4v) is 5.56. The van der Waals surface area contributed by atoms with Crippen molar-refractivity contribution in [1.82, 2.24) is 9.47 Å². The van der Waals surface area contributed by atoms with E-state index >= 15 is 0 Å². The van der Waals surface area contributed by atoms with Gasteiger partial charge in [0.1, 0.15) is 5.75 Å². The van der Waals surface area contributed by atoms with Gasteiger partial charge >= 0.3 is 0 Å². The lowest BCUT2D eigenvalue weighted by Crippen LogP contribution is -2.28. The Morgan fingerprint density at radius 1 is 1.05 bits per heavy atom. The summed E-state index contributed by atoms with van der Waals surface area (Å²) in [7, 11) is 1.62. The number of hydrogen-bond acceptors (Lipinski definition) is 6. The quantitative estimate of drug-likeness (QED) is 0.155. The molecule has 1 saturated heterocycles. The molecule has 1 aliphatic heterocycles. The summed E-state index contributed by atoms with van der Waals surface area (Å²) in [4.78, 5) is 31.0.